The molecule has 1 heterocycles. The zero-order chi connectivity index (χ0) is 18.6. The zero-order valence-corrected chi connectivity index (χ0v) is 15.7. The maximum atomic E-state index is 14.5. The molecule has 27 heavy (non-hydrogen) atoms. The van der Waals surface area contributed by atoms with Gasteiger partial charge in [-0.25, -0.2) is 4.39 Å². The van der Waals surface area contributed by atoms with E-state index in [0.29, 0.717) is 11.5 Å². The van der Waals surface area contributed by atoms with Gasteiger partial charge in [-0.1, -0.05) is 48.5 Å². The van der Waals surface area contributed by atoms with Crippen LogP contribution in [0.2, 0.25) is 0 Å². The van der Waals surface area contributed by atoms with E-state index in [9.17, 15) is 4.39 Å². The minimum atomic E-state index is -0.630. The molecule has 1 aromatic heterocycles. The lowest BCUT2D eigenvalue weighted by Gasteiger charge is -2.18. The summed E-state index contributed by atoms with van der Waals surface area (Å²) in [5, 5.41) is 11.6. The molecule has 4 rings (SSSR count). The molecule has 1 atom stereocenters. The van der Waals surface area contributed by atoms with Crippen molar-refractivity contribution in [3.05, 3.63) is 101 Å². The smallest absolute Gasteiger partial charge is 0.247 e. The maximum Gasteiger partial charge on any atom is 0.247 e. The molecule has 6 heteroatoms. The van der Waals surface area contributed by atoms with Crippen LogP contribution in [0.15, 0.2) is 87.8 Å². The van der Waals surface area contributed by atoms with E-state index in [1.807, 2.05) is 54.6 Å². The monoisotopic (exact) mass is 423 g/mol. The van der Waals surface area contributed by atoms with E-state index in [1.165, 1.54) is 6.07 Å². The van der Waals surface area contributed by atoms with E-state index in [1.54, 1.807) is 18.2 Å². The van der Waals surface area contributed by atoms with Crippen LogP contribution in [0, 0.1) is 5.82 Å². The van der Waals surface area contributed by atoms with Gasteiger partial charge in [0.25, 0.3) is 0 Å². The molecule has 0 saturated carbocycles. The predicted molar refractivity (Wildman–Crippen MR) is 106 cm³/mol. The van der Waals surface area contributed by atoms with Crippen LogP contribution in [0.1, 0.15) is 17.5 Å². The number of anilines is 1. The number of para-hydroxylation sites is 1. The lowest BCUT2D eigenvalue weighted by atomic mass is 10.1. The van der Waals surface area contributed by atoms with Gasteiger partial charge in [0.2, 0.25) is 11.8 Å². The van der Waals surface area contributed by atoms with Crippen LogP contribution in [-0.4, -0.2) is 10.2 Å². The Labute approximate surface area is 164 Å². The number of hydrogen-bond donors (Lipinski definition) is 1. The third kappa shape index (κ3) is 3.75. The van der Waals surface area contributed by atoms with Crippen LogP contribution in [-0.2, 0) is 0 Å². The molecule has 0 bridgehead atoms. The fraction of sp³-hybridized carbons (Fsp3) is 0.0476. The fourth-order valence-corrected chi connectivity index (χ4v) is 3.16. The maximum absolute atomic E-state index is 14.5. The lowest BCUT2D eigenvalue weighted by molar-refractivity contribution is 0.485. The number of rotatable bonds is 5. The molecule has 4 nitrogen and oxygen atoms in total. The normalized spacial score (nSPS) is 11.9. The summed E-state index contributed by atoms with van der Waals surface area (Å²) in [6, 6.07) is 23.0. The molecule has 0 amide bonds. The topological polar surface area (TPSA) is 51.0 Å². The second-order valence-corrected chi connectivity index (χ2v) is 6.74. The minimum absolute atomic E-state index is 0.287. The van der Waals surface area contributed by atoms with Crippen LogP contribution in [0.25, 0.3) is 11.5 Å². The molecule has 0 unspecified atom stereocenters. The summed E-state index contributed by atoms with van der Waals surface area (Å²) in [7, 11) is 0. The summed E-state index contributed by atoms with van der Waals surface area (Å²) in [5.74, 6) is 0.331. The highest BCUT2D eigenvalue weighted by Crippen LogP contribution is 2.32. The van der Waals surface area contributed by atoms with Gasteiger partial charge in [0.15, 0.2) is 0 Å². The van der Waals surface area contributed by atoms with Gasteiger partial charge >= 0.3 is 0 Å². The van der Waals surface area contributed by atoms with Crippen molar-refractivity contribution >= 4 is 21.6 Å². The molecule has 0 spiro atoms. The number of nitrogens with zero attached hydrogens (tertiary/aromatic N) is 2. The summed E-state index contributed by atoms with van der Waals surface area (Å²) < 4.78 is 21.3. The van der Waals surface area contributed by atoms with E-state index in [0.717, 1.165) is 15.7 Å². The molecule has 134 valence electrons. The fourth-order valence-electron chi connectivity index (χ4n) is 2.76. The van der Waals surface area contributed by atoms with E-state index in [2.05, 4.69) is 31.4 Å². The van der Waals surface area contributed by atoms with Crippen molar-refractivity contribution in [1.29, 1.82) is 0 Å². The predicted octanol–water partition coefficient (Wildman–Crippen LogP) is 5.84. The molecule has 0 aliphatic rings. The SMILES string of the molecule is Fc1ccccc1[C@H](Nc1ccccc1Br)c1nnc(-c2ccccc2)o1. The third-order valence-corrected chi connectivity index (χ3v) is 4.79. The summed E-state index contributed by atoms with van der Waals surface area (Å²) in [4.78, 5) is 0. The number of halogens is 2. The summed E-state index contributed by atoms with van der Waals surface area (Å²) in [6.45, 7) is 0. The van der Waals surface area contributed by atoms with Gasteiger partial charge in [-0.15, -0.1) is 10.2 Å². The van der Waals surface area contributed by atoms with Crippen LogP contribution in [0.4, 0.5) is 10.1 Å². The Morgan fingerprint density at radius 1 is 0.852 bits per heavy atom. The van der Waals surface area contributed by atoms with E-state index >= 15 is 0 Å². The molecule has 3 aromatic carbocycles. The minimum Gasteiger partial charge on any atom is -0.418 e. The van der Waals surface area contributed by atoms with Gasteiger partial charge in [0, 0.05) is 21.3 Å². The zero-order valence-electron chi connectivity index (χ0n) is 14.1. The molecule has 0 aliphatic carbocycles. The summed E-state index contributed by atoms with van der Waals surface area (Å²) >= 11 is 3.51. The first-order valence-electron chi connectivity index (χ1n) is 8.36. The Kier molecular flexibility index (Phi) is 4.98. The second-order valence-electron chi connectivity index (χ2n) is 5.89. The average molecular weight is 424 g/mol. The molecule has 1 N–H and O–H groups in total. The first kappa shape index (κ1) is 17.4. The Hall–Kier alpha value is -2.99. The highest BCUT2D eigenvalue weighted by atomic mass is 79.9. The summed E-state index contributed by atoms with van der Waals surface area (Å²) in [6.07, 6.45) is 0. The van der Waals surface area contributed by atoms with Gasteiger partial charge in [-0.05, 0) is 46.3 Å². The van der Waals surface area contributed by atoms with E-state index < -0.39 is 6.04 Å². The number of hydrogen-bond acceptors (Lipinski definition) is 4. The van der Waals surface area contributed by atoms with Crippen molar-refractivity contribution in [2.75, 3.05) is 5.32 Å². The van der Waals surface area contributed by atoms with Crippen LogP contribution >= 0.6 is 15.9 Å². The Balaban J connectivity index is 1.76. The van der Waals surface area contributed by atoms with Gasteiger partial charge in [0.1, 0.15) is 11.9 Å². The molecular formula is C21H15BrFN3O. The van der Waals surface area contributed by atoms with Crippen LogP contribution < -0.4 is 5.32 Å². The Morgan fingerprint density at radius 2 is 1.56 bits per heavy atom. The molecule has 0 fully saturated rings. The molecule has 0 radical (unpaired) electrons. The van der Waals surface area contributed by atoms with Gasteiger partial charge in [-0.3, -0.25) is 0 Å². The van der Waals surface area contributed by atoms with Crippen LogP contribution in [0.5, 0.6) is 0 Å². The van der Waals surface area contributed by atoms with Gasteiger partial charge in [-0.2, -0.15) is 0 Å². The summed E-state index contributed by atoms with van der Waals surface area (Å²) in [5.41, 5.74) is 2.03. The van der Waals surface area contributed by atoms with Crippen molar-refractivity contribution in [2.24, 2.45) is 0 Å². The average Bonchev–Trinajstić information content (AvgIpc) is 3.19. The van der Waals surface area contributed by atoms with Crippen molar-refractivity contribution < 1.29 is 8.81 Å². The standard InChI is InChI=1S/C21H15BrFN3O/c22-16-11-5-7-13-18(16)24-19(15-10-4-6-12-17(15)23)21-26-25-20(27-21)14-8-2-1-3-9-14/h1-13,19,24H/t19-/m0/s1. The molecule has 0 saturated heterocycles. The van der Waals surface area contributed by atoms with Crippen molar-refractivity contribution in [3.8, 4) is 11.5 Å². The first-order chi connectivity index (χ1) is 13.2. The first-order valence-corrected chi connectivity index (χ1v) is 9.16. The Bertz CT molecular complexity index is 1050. The largest absolute Gasteiger partial charge is 0.418 e. The molecular weight excluding hydrogens is 409 g/mol. The van der Waals surface area contributed by atoms with E-state index in [-0.39, 0.29) is 11.7 Å². The van der Waals surface area contributed by atoms with Gasteiger partial charge < -0.3 is 9.73 Å². The number of aromatic nitrogens is 2. The van der Waals surface area contributed by atoms with E-state index in [4.69, 9.17) is 4.42 Å². The van der Waals surface area contributed by atoms with Crippen molar-refractivity contribution in [3.63, 3.8) is 0 Å². The van der Waals surface area contributed by atoms with Gasteiger partial charge in [0.05, 0.1) is 0 Å². The third-order valence-electron chi connectivity index (χ3n) is 4.10. The number of benzene rings is 3. The Morgan fingerprint density at radius 3 is 2.33 bits per heavy atom. The quantitative estimate of drug-likeness (QED) is 0.437. The molecule has 0 aliphatic heterocycles. The highest BCUT2D eigenvalue weighted by Gasteiger charge is 2.24. The number of nitrogens with one attached hydrogen (secondary N) is 1. The van der Waals surface area contributed by atoms with Crippen molar-refractivity contribution in [2.45, 2.75) is 6.04 Å². The molecule has 4 aromatic rings. The van der Waals surface area contributed by atoms with Crippen molar-refractivity contribution in [1.82, 2.24) is 10.2 Å². The lowest BCUT2D eigenvalue weighted by Crippen LogP contribution is -2.14. The van der Waals surface area contributed by atoms with Crippen LogP contribution in [0.3, 0.4) is 0 Å². The highest BCUT2D eigenvalue weighted by molar-refractivity contribution is 9.10. The second kappa shape index (κ2) is 7.72.